The van der Waals surface area contributed by atoms with Gasteiger partial charge in [0.05, 0.1) is 17.1 Å². The molecule has 1 aromatic carbocycles. The van der Waals surface area contributed by atoms with Crippen LogP contribution in [0.1, 0.15) is 37.9 Å². The van der Waals surface area contributed by atoms with E-state index in [-0.39, 0.29) is 5.91 Å². The Balaban J connectivity index is 1.65. The molecule has 1 aromatic heterocycles. The van der Waals surface area contributed by atoms with Gasteiger partial charge in [-0.2, -0.15) is 0 Å². The Morgan fingerprint density at radius 3 is 2.64 bits per heavy atom. The maximum Gasteiger partial charge on any atom is 0.222 e. The number of rotatable bonds is 2. The monoisotopic (exact) mass is 355 g/mol. The Bertz CT molecular complexity index is 764. The summed E-state index contributed by atoms with van der Waals surface area (Å²) < 4.78 is 2.40. The first-order valence-electron chi connectivity index (χ1n) is 9.14. The first kappa shape index (κ1) is 16.7. The second-order valence-electron chi connectivity index (χ2n) is 6.85. The standard InChI is InChI=1S/C20H25N3OS/c1-3-18(24)21-11-13-22(14-12-21)20-15(2)23-10-6-9-19(23)25-17-8-5-4-7-16(17)20/h4-10,15,20H,3,11-14H2,1-2H3. The summed E-state index contributed by atoms with van der Waals surface area (Å²) >= 11 is 1.86. The number of carbonyl (C=O) groups is 1. The number of carbonyl (C=O) groups excluding carboxylic acids is 1. The van der Waals surface area contributed by atoms with Crippen molar-refractivity contribution in [2.75, 3.05) is 26.2 Å². The van der Waals surface area contributed by atoms with Crippen LogP contribution in [0, 0.1) is 0 Å². The van der Waals surface area contributed by atoms with Crippen LogP contribution in [0.3, 0.4) is 0 Å². The molecule has 0 saturated carbocycles. The summed E-state index contributed by atoms with van der Waals surface area (Å²) in [5.74, 6) is 0.275. The van der Waals surface area contributed by atoms with Crippen LogP contribution in [0.2, 0.25) is 0 Å². The number of benzene rings is 1. The predicted molar refractivity (Wildman–Crippen MR) is 101 cm³/mol. The third-order valence-corrected chi connectivity index (χ3v) is 6.60. The van der Waals surface area contributed by atoms with Crippen LogP contribution in [-0.2, 0) is 4.79 Å². The lowest BCUT2D eigenvalue weighted by atomic mass is 9.97. The molecular weight excluding hydrogens is 330 g/mol. The molecule has 3 heterocycles. The van der Waals surface area contributed by atoms with Gasteiger partial charge in [-0.15, -0.1) is 0 Å². The Morgan fingerprint density at radius 1 is 1.12 bits per heavy atom. The maximum absolute atomic E-state index is 12.0. The van der Waals surface area contributed by atoms with Gasteiger partial charge in [-0.1, -0.05) is 36.9 Å². The molecule has 1 amide bonds. The van der Waals surface area contributed by atoms with E-state index in [1.807, 2.05) is 23.6 Å². The van der Waals surface area contributed by atoms with Crippen LogP contribution >= 0.6 is 11.8 Å². The normalized spacial score (nSPS) is 23.7. The van der Waals surface area contributed by atoms with Gasteiger partial charge in [-0.25, -0.2) is 0 Å². The highest BCUT2D eigenvalue weighted by molar-refractivity contribution is 7.99. The summed E-state index contributed by atoms with van der Waals surface area (Å²) in [5, 5.41) is 1.31. The second kappa shape index (κ2) is 6.89. The van der Waals surface area contributed by atoms with Crippen molar-refractivity contribution in [3.63, 3.8) is 0 Å². The first-order valence-corrected chi connectivity index (χ1v) is 9.96. The third kappa shape index (κ3) is 3.00. The maximum atomic E-state index is 12.0. The number of piperazine rings is 1. The van der Waals surface area contributed by atoms with Gasteiger partial charge >= 0.3 is 0 Å². The summed E-state index contributed by atoms with van der Waals surface area (Å²) in [6.45, 7) is 7.82. The lowest BCUT2D eigenvalue weighted by molar-refractivity contribution is -0.133. The topological polar surface area (TPSA) is 28.5 Å². The molecular formula is C20H25N3OS. The van der Waals surface area contributed by atoms with Gasteiger partial charge in [0.2, 0.25) is 5.91 Å². The molecule has 2 atom stereocenters. The van der Waals surface area contributed by atoms with Crippen molar-refractivity contribution < 1.29 is 4.79 Å². The molecule has 2 aliphatic rings. The van der Waals surface area contributed by atoms with Crippen molar-refractivity contribution in [2.24, 2.45) is 0 Å². The minimum atomic E-state index is 0.275. The van der Waals surface area contributed by atoms with Crippen molar-refractivity contribution in [1.82, 2.24) is 14.4 Å². The third-order valence-electron chi connectivity index (χ3n) is 5.45. The van der Waals surface area contributed by atoms with Gasteiger partial charge in [0.25, 0.3) is 0 Å². The van der Waals surface area contributed by atoms with Gasteiger partial charge in [0.15, 0.2) is 0 Å². The lowest BCUT2D eigenvalue weighted by Crippen LogP contribution is -2.50. The number of fused-ring (bicyclic) bond motifs is 2. The minimum absolute atomic E-state index is 0.275. The molecule has 2 aliphatic heterocycles. The Kier molecular flexibility index (Phi) is 4.61. The van der Waals surface area contributed by atoms with Crippen LogP contribution < -0.4 is 0 Å². The van der Waals surface area contributed by atoms with Crippen molar-refractivity contribution >= 4 is 17.7 Å². The molecule has 4 rings (SSSR count). The van der Waals surface area contributed by atoms with Gasteiger partial charge in [-0.3, -0.25) is 9.69 Å². The quantitative estimate of drug-likeness (QED) is 0.820. The van der Waals surface area contributed by atoms with E-state index >= 15 is 0 Å². The van der Waals surface area contributed by atoms with E-state index < -0.39 is 0 Å². The smallest absolute Gasteiger partial charge is 0.222 e. The number of amides is 1. The van der Waals surface area contributed by atoms with Crippen molar-refractivity contribution in [2.45, 2.75) is 42.3 Å². The van der Waals surface area contributed by atoms with E-state index in [1.165, 1.54) is 15.5 Å². The molecule has 5 heteroatoms. The molecule has 0 aliphatic carbocycles. The average Bonchev–Trinajstić information content (AvgIpc) is 3.07. The Labute approximate surface area is 153 Å². The molecule has 2 aromatic rings. The molecule has 1 saturated heterocycles. The van der Waals surface area contributed by atoms with Gasteiger partial charge in [-0.05, 0) is 30.7 Å². The highest BCUT2D eigenvalue weighted by atomic mass is 32.2. The van der Waals surface area contributed by atoms with Crippen molar-refractivity contribution in [1.29, 1.82) is 0 Å². The molecule has 25 heavy (non-hydrogen) atoms. The van der Waals surface area contributed by atoms with Crippen LogP contribution in [0.5, 0.6) is 0 Å². The highest BCUT2D eigenvalue weighted by Gasteiger charge is 2.34. The van der Waals surface area contributed by atoms with E-state index in [1.54, 1.807) is 0 Å². The number of aromatic nitrogens is 1. The van der Waals surface area contributed by atoms with Gasteiger partial charge in [0.1, 0.15) is 0 Å². The Hall–Kier alpha value is -1.72. The largest absolute Gasteiger partial charge is 0.340 e. The summed E-state index contributed by atoms with van der Waals surface area (Å²) in [6, 6.07) is 13.9. The van der Waals surface area contributed by atoms with Gasteiger partial charge < -0.3 is 9.47 Å². The molecule has 1 fully saturated rings. The number of hydrogen-bond donors (Lipinski definition) is 0. The van der Waals surface area contributed by atoms with Crippen LogP contribution in [-0.4, -0.2) is 46.5 Å². The lowest BCUT2D eigenvalue weighted by Gasteiger charge is -2.42. The van der Waals surface area contributed by atoms with Crippen molar-refractivity contribution in [3.05, 3.63) is 48.2 Å². The molecule has 132 valence electrons. The summed E-state index contributed by atoms with van der Waals surface area (Å²) in [6.07, 6.45) is 2.80. The van der Waals surface area contributed by atoms with E-state index in [0.29, 0.717) is 18.5 Å². The zero-order chi connectivity index (χ0) is 17.4. The molecule has 4 nitrogen and oxygen atoms in total. The van der Waals surface area contributed by atoms with Crippen LogP contribution in [0.4, 0.5) is 0 Å². The number of nitrogens with zero attached hydrogens (tertiary/aromatic N) is 3. The fourth-order valence-corrected chi connectivity index (χ4v) is 5.28. The minimum Gasteiger partial charge on any atom is -0.340 e. The summed E-state index contributed by atoms with van der Waals surface area (Å²) in [4.78, 5) is 17.9. The van der Waals surface area contributed by atoms with Crippen LogP contribution in [0.25, 0.3) is 0 Å². The zero-order valence-corrected chi connectivity index (χ0v) is 15.7. The van der Waals surface area contributed by atoms with Gasteiger partial charge in [0, 0.05) is 43.7 Å². The summed E-state index contributed by atoms with van der Waals surface area (Å²) in [7, 11) is 0. The zero-order valence-electron chi connectivity index (χ0n) is 14.9. The van der Waals surface area contributed by atoms with Crippen molar-refractivity contribution in [3.8, 4) is 0 Å². The second-order valence-corrected chi connectivity index (χ2v) is 7.91. The van der Waals surface area contributed by atoms with E-state index in [4.69, 9.17) is 0 Å². The fourth-order valence-electron chi connectivity index (χ4n) is 4.12. The predicted octanol–water partition coefficient (Wildman–Crippen LogP) is 3.81. The summed E-state index contributed by atoms with van der Waals surface area (Å²) in [5.41, 5.74) is 1.42. The molecule has 0 bridgehead atoms. The fraction of sp³-hybridized carbons (Fsp3) is 0.450. The SMILES string of the molecule is CCC(=O)N1CCN(C2c3ccccc3Sc3cccn3C2C)CC1. The molecule has 2 unspecified atom stereocenters. The van der Waals surface area contributed by atoms with Crippen LogP contribution in [0.15, 0.2) is 52.5 Å². The number of hydrogen-bond acceptors (Lipinski definition) is 3. The van der Waals surface area contributed by atoms with E-state index in [2.05, 4.69) is 59.0 Å². The molecule has 0 spiro atoms. The highest BCUT2D eigenvalue weighted by Crippen LogP contribution is 2.45. The Morgan fingerprint density at radius 2 is 1.88 bits per heavy atom. The first-order chi connectivity index (χ1) is 12.2. The van der Waals surface area contributed by atoms with E-state index in [9.17, 15) is 4.79 Å². The molecule has 0 N–H and O–H groups in total. The average molecular weight is 356 g/mol. The van der Waals surface area contributed by atoms with E-state index in [0.717, 1.165) is 26.2 Å². The molecule has 0 radical (unpaired) electrons.